The number of nitrogens with zero attached hydrogens (tertiary/aromatic N) is 1. The van der Waals surface area contributed by atoms with Crippen molar-refractivity contribution in [1.82, 2.24) is 5.43 Å². The Labute approximate surface area is 191 Å². The van der Waals surface area contributed by atoms with Crippen LogP contribution in [-0.2, 0) is 9.53 Å². The van der Waals surface area contributed by atoms with Gasteiger partial charge in [-0.25, -0.2) is 4.79 Å². The average Bonchev–Trinajstić information content (AvgIpc) is 2.80. The number of hydrogen-bond acceptors (Lipinski definition) is 5. The highest BCUT2D eigenvalue weighted by atomic mass is 32.1. The average molecular weight is 447 g/mol. The Hall–Kier alpha value is -4.04. The second kappa shape index (κ2) is 11.4. The number of nitrogens with one attached hydrogen (secondary N) is 3. The summed E-state index contributed by atoms with van der Waals surface area (Å²) in [7, 11) is 0. The molecule has 0 heterocycles. The van der Waals surface area contributed by atoms with Crippen LogP contribution in [0.25, 0.3) is 0 Å². The van der Waals surface area contributed by atoms with Gasteiger partial charge in [0.2, 0.25) is 0 Å². The van der Waals surface area contributed by atoms with E-state index in [2.05, 4.69) is 21.2 Å². The number of carbonyl (C=O) groups is 2. The third-order valence-corrected chi connectivity index (χ3v) is 4.42. The van der Waals surface area contributed by atoms with Crippen molar-refractivity contribution in [2.45, 2.75) is 6.92 Å². The van der Waals surface area contributed by atoms with Gasteiger partial charge in [0.05, 0.1) is 11.8 Å². The summed E-state index contributed by atoms with van der Waals surface area (Å²) >= 11 is 5.17. The number of esters is 1. The number of para-hydroxylation sites is 1. The molecule has 3 rings (SSSR count). The molecule has 0 aliphatic heterocycles. The molecular weight excluding hydrogens is 424 g/mol. The molecule has 0 bridgehead atoms. The molecule has 0 aliphatic carbocycles. The van der Waals surface area contributed by atoms with E-state index in [1.807, 2.05) is 49.4 Å². The molecule has 0 atom stereocenters. The van der Waals surface area contributed by atoms with E-state index in [0.29, 0.717) is 16.4 Å². The van der Waals surface area contributed by atoms with E-state index in [9.17, 15) is 9.59 Å². The lowest BCUT2D eigenvalue weighted by atomic mass is 10.1. The normalized spacial score (nSPS) is 10.4. The fourth-order valence-electron chi connectivity index (χ4n) is 2.60. The summed E-state index contributed by atoms with van der Waals surface area (Å²) in [5, 5.41) is 10.1. The molecule has 0 aromatic heterocycles. The van der Waals surface area contributed by atoms with E-state index in [-0.39, 0.29) is 6.61 Å². The molecule has 0 unspecified atom stereocenters. The van der Waals surface area contributed by atoms with Crippen LogP contribution in [0.4, 0.5) is 11.4 Å². The largest absolute Gasteiger partial charge is 0.452 e. The quantitative estimate of drug-likeness (QED) is 0.219. The molecule has 0 saturated carbocycles. The Morgan fingerprint density at radius 2 is 1.56 bits per heavy atom. The second-order valence-electron chi connectivity index (χ2n) is 6.80. The molecule has 162 valence electrons. The fraction of sp³-hybridized carbons (Fsp3) is 0.0833. The Morgan fingerprint density at radius 3 is 2.25 bits per heavy atom. The predicted molar refractivity (Wildman–Crippen MR) is 130 cm³/mol. The van der Waals surface area contributed by atoms with Crippen molar-refractivity contribution in [1.29, 1.82) is 0 Å². The van der Waals surface area contributed by atoms with Gasteiger partial charge in [-0.1, -0.05) is 48.0 Å². The number of rotatable bonds is 7. The summed E-state index contributed by atoms with van der Waals surface area (Å²) in [6.07, 6.45) is 1.57. The maximum Gasteiger partial charge on any atom is 0.338 e. The van der Waals surface area contributed by atoms with Gasteiger partial charge in [0.1, 0.15) is 0 Å². The number of benzene rings is 3. The predicted octanol–water partition coefficient (Wildman–Crippen LogP) is 4.11. The number of ether oxygens (including phenoxy) is 1. The summed E-state index contributed by atoms with van der Waals surface area (Å²) in [4.78, 5) is 24.1. The minimum absolute atomic E-state index is 0.333. The standard InChI is InChI=1S/C24H22N4O3S/c1-17-7-13-21(14-8-17)26-22(29)16-31-23(30)19-11-9-18(10-12-19)15-25-28-24(32)27-20-5-3-2-4-6-20/h2-15H,16H2,1H3,(H,26,29)(H2,27,28,32)/b25-15+. The SMILES string of the molecule is Cc1ccc(NC(=O)COC(=O)c2ccc(/C=N/NC(=S)Nc3ccccc3)cc2)cc1. The minimum Gasteiger partial charge on any atom is -0.452 e. The highest BCUT2D eigenvalue weighted by molar-refractivity contribution is 7.80. The third-order valence-electron chi connectivity index (χ3n) is 4.23. The van der Waals surface area contributed by atoms with Crippen LogP contribution in [0.1, 0.15) is 21.5 Å². The zero-order chi connectivity index (χ0) is 22.8. The van der Waals surface area contributed by atoms with Gasteiger partial charge in [-0.2, -0.15) is 5.10 Å². The molecule has 0 aliphatic rings. The Bertz CT molecular complexity index is 1100. The summed E-state index contributed by atoms with van der Waals surface area (Å²) in [5.41, 5.74) is 6.41. The number of hydrogen-bond donors (Lipinski definition) is 3. The summed E-state index contributed by atoms with van der Waals surface area (Å²) < 4.78 is 5.07. The van der Waals surface area contributed by atoms with Gasteiger partial charge in [0.15, 0.2) is 11.7 Å². The first-order valence-corrected chi connectivity index (χ1v) is 10.2. The van der Waals surface area contributed by atoms with E-state index in [4.69, 9.17) is 17.0 Å². The van der Waals surface area contributed by atoms with Crippen LogP contribution in [0.2, 0.25) is 0 Å². The Kier molecular flexibility index (Phi) is 8.05. The van der Waals surface area contributed by atoms with Crippen molar-refractivity contribution in [3.8, 4) is 0 Å². The molecule has 3 aromatic carbocycles. The van der Waals surface area contributed by atoms with Gasteiger partial charge in [0, 0.05) is 11.4 Å². The first-order chi connectivity index (χ1) is 15.5. The number of hydrazone groups is 1. The molecule has 0 saturated heterocycles. The first-order valence-electron chi connectivity index (χ1n) is 9.78. The van der Waals surface area contributed by atoms with Crippen LogP contribution in [0, 0.1) is 6.92 Å². The van der Waals surface area contributed by atoms with Crippen molar-refractivity contribution >= 4 is 46.8 Å². The van der Waals surface area contributed by atoms with Crippen molar-refractivity contribution < 1.29 is 14.3 Å². The zero-order valence-corrected chi connectivity index (χ0v) is 18.2. The number of thiocarbonyl (C=S) groups is 1. The van der Waals surface area contributed by atoms with Crippen LogP contribution in [-0.4, -0.2) is 29.8 Å². The van der Waals surface area contributed by atoms with Gasteiger partial charge < -0.3 is 15.4 Å². The molecule has 1 amide bonds. The van der Waals surface area contributed by atoms with Crippen LogP contribution >= 0.6 is 12.2 Å². The number of aryl methyl sites for hydroxylation is 1. The highest BCUT2D eigenvalue weighted by Gasteiger charge is 2.10. The molecular formula is C24H22N4O3S. The van der Waals surface area contributed by atoms with Gasteiger partial charge in [-0.15, -0.1) is 0 Å². The molecule has 0 spiro atoms. The number of carbonyl (C=O) groups excluding carboxylic acids is 2. The minimum atomic E-state index is -0.584. The summed E-state index contributed by atoms with van der Waals surface area (Å²) in [6, 6.07) is 23.5. The maximum atomic E-state index is 12.2. The van der Waals surface area contributed by atoms with Gasteiger partial charge in [-0.3, -0.25) is 10.2 Å². The molecule has 7 nitrogen and oxygen atoms in total. The monoisotopic (exact) mass is 446 g/mol. The lowest BCUT2D eigenvalue weighted by molar-refractivity contribution is -0.119. The van der Waals surface area contributed by atoms with Crippen molar-refractivity contribution in [3.05, 3.63) is 95.6 Å². The van der Waals surface area contributed by atoms with Gasteiger partial charge in [0.25, 0.3) is 5.91 Å². The van der Waals surface area contributed by atoms with Crippen LogP contribution < -0.4 is 16.1 Å². The van der Waals surface area contributed by atoms with Crippen molar-refractivity contribution in [2.24, 2.45) is 5.10 Å². The topological polar surface area (TPSA) is 91.8 Å². The Balaban J connectivity index is 1.43. The molecule has 32 heavy (non-hydrogen) atoms. The van der Waals surface area contributed by atoms with E-state index in [1.165, 1.54) is 0 Å². The number of anilines is 2. The zero-order valence-electron chi connectivity index (χ0n) is 17.4. The van der Waals surface area contributed by atoms with E-state index < -0.39 is 11.9 Å². The summed E-state index contributed by atoms with van der Waals surface area (Å²) in [5.74, 6) is -0.990. The first kappa shape index (κ1) is 22.6. The van der Waals surface area contributed by atoms with Crippen molar-refractivity contribution in [3.63, 3.8) is 0 Å². The summed E-state index contributed by atoms with van der Waals surface area (Å²) in [6.45, 7) is 1.59. The van der Waals surface area contributed by atoms with E-state index in [1.54, 1.807) is 42.6 Å². The molecule has 3 aromatic rings. The van der Waals surface area contributed by atoms with Crippen LogP contribution in [0.3, 0.4) is 0 Å². The Morgan fingerprint density at radius 1 is 0.906 bits per heavy atom. The molecule has 0 fully saturated rings. The molecule has 3 N–H and O–H groups in total. The van der Waals surface area contributed by atoms with Crippen LogP contribution in [0.15, 0.2) is 84.0 Å². The van der Waals surface area contributed by atoms with E-state index >= 15 is 0 Å². The molecule has 8 heteroatoms. The van der Waals surface area contributed by atoms with Crippen LogP contribution in [0.5, 0.6) is 0 Å². The second-order valence-corrected chi connectivity index (χ2v) is 7.21. The highest BCUT2D eigenvalue weighted by Crippen LogP contribution is 2.09. The molecule has 0 radical (unpaired) electrons. The lowest BCUT2D eigenvalue weighted by Gasteiger charge is -2.07. The van der Waals surface area contributed by atoms with Crippen molar-refractivity contribution in [2.75, 3.05) is 17.2 Å². The van der Waals surface area contributed by atoms with Gasteiger partial charge >= 0.3 is 5.97 Å². The number of amides is 1. The lowest BCUT2D eigenvalue weighted by Crippen LogP contribution is -2.23. The maximum absolute atomic E-state index is 12.2. The van der Waals surface area contributed by atoms with Gasteiger partial charge in [-0.05, 0) is 61.1 Å². The van der Waals surface area contributed by atoms with E-state index in [0.717, 1.165) is 16.8 Å². The third kappa shape index (κ3) is 7.33. The smallest absolute Gasteiger partial charge is 0.338 e. The fourth-order valence-corrected chi connectivity index (χ4v) is 2.77.